The Kier molecular flexibility index (Phi) is 6.66. The third-order valence-electron chi connectivity index (χ3n) is 8.05. The maximum atomic E-state index is 13.5. The smallest absolute Gasteiger partial charge is 0.411 e. The number of ketones is 1. The minimum absolute atomic E-state index is 0.0676. The van der Waals surface area contributed by atoms with Gasteiger partial charge in [0.2, 0.25) is 11.8 Å². The Morgan fingerprint density at radius 2 is 1.89 bits per heavy atom. The van der Waals surface area contributed by atoms with Crippen LogP contribution in [0.25, 0.3) is 0 Å². The van der Waals surface area contributed by atoms with E-state index in [-0.39, 0.29) is 36.5 Å². The van der Waals surface area contributed by atoms with E-state index >= 15 is 0 Å². The van der Waals surface area contributed by atoms with Crippen LogP contribution in [0.4, 0.5) is 4.79 Å². The maximum Gasteiger partial charge on any atom is 0.411 e. The molecule has 4 aliphatic rings. The number of fused-ring (bicyclic) bond motifs is 2. The number of Topliss-reactive ketones (excluding diaryl/α,β-unsaturated/α-hetero) is 1. The summed E-state index contributed by atoms with van der Waals surface area (Å²) in [5.41, 5.74) is 6.66. The normalized spacial score (nSPS) is 26.2. The Labute approximate surface area is 216 Å². The van der Waals surface area contributed by atoms with Gasteiger partial charge in [-0.25, -0.2) is 4.79 Å². The highest BCUT2D eigenvalue weighted by atomic mass is 16.6. The fourth-order valence-electron chi connectivity index (χ4n) is 5.69. The summed E-state index contributed by atoms with van der Waals surface area (Å²) in [6.07, 6.45) is 6.00. The Hall–Kier alpha value is -3.46. The topological polar surface area (TPSA) is 122 Å². The van der Waals surface area contributed by atoms with Gasteiger partial charge >= 0.3 is 6.09 Å². The molecule has 1 aromatic rings. The summed E-state index contributed by atoms with van der Waals surface area (Å²) < 4.78 is 5.87. The van der Waals surface area contributed by atoms with Crippen molar-refractivity contribution in [3.63, 3.8) is 0 Å². The van der Waals surface area contributed by atoms with E-state index in [4.69, 9.17) is 10.5 Å². The van der Waals surface area contributed by atoms with Gasteiger partial charge in [-0.3, -0.25) is 19.3 Å². The molecule has 9 nitrogen and oxygen atoms in total. The summed E-state index contributed by atoms with van der Waals surface area (Å²) in [7, 11) is 0. The largest absolute Gasteiger partial charge is 0.436 e. The molecule has 196 valence electrons. The third-order valence-corrected chi connectivity index (χ3v) is 8.05. The molecule has 1 heterocycles. The zero-order valence-electron chi connectivity index (χ0n) is 21.3. The van der Waals surface area contributed by atoms with E-state index in [2.05, 4.69) is 12.2 Å². The molecule has 1 spiro atoms. The second-order valence-corrected chi connectivity index (χ2v) is 10.7. The van der Waals surface area contributed by atoms with Gasteiger partial charge in [0, 0.05) is 18.5 Å². The van der Waals surface area contributed by atoms with Crippen molar-refractivity contribution in [1.29, 1.82) is 0 Å². The molecule has 37 heavy (non-hydrogen) atoms. The molecule has 1 saturated heterocycles. The molecule has 3 amide bonds. The van der Waals surface area contributed by atoms with Gasteiger partial charge in [-0.2, -0.15) is 0 Å². The van der Waals surface area contributed by atoms with Gasteiger partial charge < -0.3 is 20.7 Å². The van der Waals surface area contributed by atoms with Crippen molar-refractivity contribution in [2.75, 3.05) is 13.1 Å². The predicted octanol–water partition coefficient (Wildman–Crippen LogP) is 2.27. The van der Waals surface area contributed by atoms with Crippen LogP contribution in [0.3, 0.4) is 0 Å². The summed E-state index contributed by atoms with van der Waals surface area (Å²) in [6, 6.07) is 9.22. The highest BCUT2D eigenvalue weighted by Gasteiger charge is 2.56. The van der Waals surface area contributed by atoms with Gasteiger partial charge in [-0.15, -0.1) is 0 Å². The van der Waals surface area contributed by atoms with E-state index in [1.807, 2.05) is 35.2 Å². The van der Waals surface area contributed by atoms with E-state index in [9.17, 15) is 19.2 Å². The van der Waals surface area contributed by atoms with Gasteiger partial charge in [0.05, 0.1) is 18.3 Å². The lowest BCUT2D eigenvalue weighted by molar-refractivity contribution is -0.135. The summed E-state index contributed by atoms with van der Waals surface area (Å²) >= 11 is 0. The van der Waals surface area contributed by atoms with Gasteiger partial charge in [-0.1, -0.05) is 36.4 Å². The number of amides is 3. The Bertz CT molecular complexity index is 1170. The number of benzene rings is 1. The summed E-state index contributed by atoms with van der Waals surface area (Å²) in [6.45, 7) is 4.28. The van der Waals surface area contributed by atoms with Crippen LogP contribution in [-0.2, 0) is 25.7 Å². The van der Waals surface area contributed by atoms with E-state index in [0.29, 0.717) is 25.3 Å². The lowest BCUT2D eigenvalue weighted by Gasteiger charge is -2.31. The summed E-state index contributed by atoms with van der Waals surface area (Å²) in [5, 5.41) is 2.60. The number of hydrogen-bond donors (Lipinski definition) is 2. The SMILES string of the molecule is C[C@@H](N)C(=O)NC1=CC=C2C(CCC23CN(CC(=O)N(Cc2ccccc2)[C@@H](C)C2CC2)C(=O)O3)C1=O. The first-order valence-electron chi connectivity index (χ1n) is 13.0. The zero-order chi connectivity index (χ0) is 26.3. The lowest BCUT2D eigenvalue weighted by Crippen LogP contribution is -2.46. The fraction of sp³-hybridized carbons (Fsp3) is 0.500. The van der Waals surface area contributed by atoms with Crippen LogP contribution in [0.5, 0.6) is 0 Å². The number of allylic oxidation sites excluding steroid dienone is 3. The zero-order valence-corrected chi connectivity index (χ0v) is 21.3. The Morgan fingerprint density at radius 3 is 2.57 bits per heavy atom. The molecule has 1 aromatic carbocycles. The molecule has 9 heteroatoms. The number of nitrogens with zero attached hydrogens (tertiary/aromatic N) is 2. The van der Waals surface area contributed by atoms with Crippen LogP contribution in [0.15, 0.2) is 53.8 Å². The van der Waals surface area contributed by atoms with Crippen LogP contribution >= 0.6 is 0 Å². The molecule has 2 unspecified atom stereocenters. The second-order valence-electron chi connectivity index (χ2n) is 10.7. The van der Waals surface area contributed by atoms with Crippen LogP contribution < -0.4 is 11.1 Å². The lowest BCUT2D eigenvalue weighted by atomic mass is 9.85. The number of nitrogens with two attached hydrogens (primary N) is 1. The second kappa shape index (κ2) is 9.78. The molecule has 5 rings (SSSR count). The van der Waals surface area contributed by atoms with E-state index in [0.717, 1.165) is 24.0 Å². The van der Waals surface area contributed by atoms with Crippen LogP contribution in [0.2, 0.25) is 0 Å². The summed E-state index contributed by atoms with van der Waals surface area (Å²) in [5.74, 6) is -0.729. The first-order valence-corrected chi connectivity index (χ1v) is 13.0. The minimum Gasteiger partial charge on any atom is -0.436 e. The Balaban J connectivity index is 1.30. The Morgan fingerprint density at radius 1 is 1.16 bits per heavy atom. The number of hydrogen-bond acceptors (Lipinski definition) is 6. The van der Waals surface area contributed by atoms with Gasteiger partial charge in [0.1, 0.15) is 6.54 Å². The average Bonchev–Trinajstić information content (AvgIpc) is 3.60. The highest BCUT2D eigenvalue weighted by molar-refractivity contribution is 6.04. The van der Waals surface area contributed by atoms with E-state index < -0.39 is 29.6 Å². The highest BCUT2D eigenvalue weighted by Crippen LogP contribution is 2.48. The molecule has 2 saturated carbocycles. The van der Waals surface area contributed by atoms with Crippen molar-refractivity contribution in [1.82, 2.24) is 15.1 Å². The number of carbonyl (C=O) groups excluding carboxylic acids is 4. The molecule has 0 aromatic heterocycles. The number of rotatable bonds is 8. The molecular formula is C28H34N4O5. The van der Waals surface area contributed by atoms with Crippen LogP contribution in [-0.4, -0.2) is 64.3 Å². The molecule has 3 fully saturated rings. The van der Waals surface area contributed by atoms with Gasteiger partial charge in [-0.05, 0) is 62.7 Å². The average molecular weight is 507 g/mol. The van der Waals surface area contributed by atoms with Crippen molar-refractivity contribution < 1.29 is 23.9 Å². The van der Waals surface area contributed by atoms with Crippen molar-refractivity contribution in [2.24, 2.45) is 17.6 Å². The van der Waals surface area contributed by atoms with Crippen molar-refractivity contribution in [3.05, 3.63) is 59.3 Å². The third kappa shape index (κ3) is 4.92. The quantitative estimate of drug-likeness (QED) is 0.558. The van der Waals surface area contributed by atoms with Crippen molar-refractivity contribution in [2.45, 2.75) is 63.8 Å². The van der Waals surface area contributed by atoms with E-state index in [1.54, 1.807) is 19.1 Å². The van der Waals surface area contributed by atoms with Crippen LogP contribution in [0, 0.1) is 11.8 Å². The molecular weight excluding hydrogens is 472 g/mol. The molecule has 3 N–H and O–H groups in total. The number of ether oxygens (including phenoxy) is 1. The maximum absolute atomic E-state index is 13.5. The molecule has 1 aliphatic heterocycles. The van der Waals surface area contributed by atoms with Gasteiger partial charge in [0.15, 0.2) is 11.4 Å². The van der Waals surface area contributed by atoms with Crippen molar-refractivity contribution >= 4 is 23.7 Å². The first kappa shape index (κ1) is 25.2. The van der Waals surface area contributed by atoms with Gasteiger partial charge in [0.25, 0.3) is 0 Å². The van der Waals surface area contributed by atoms with Crippen molar-refractivity contribution in [3.8, 4) is 0 Å². The van der Waals surface area contributed by atoms with E-state index in [1.165, 1.54) is 4.90 Å². The van der Waals surface area contributed by atoms with Crippen LogP contribution in [0.1, 0.15) is 45.1 Å². The predicted molar refractivity (Wildman–Crippen MR) is 136 cm³/mol. The number of nitrogens with one attached hydrogen (secondary N) is 1. The molecule has 0 radical (unpaired) electrons. The first-order chi connectivity index (χ1) is 17.7. The molecule has 0 bridgehead atoms. The monoisotopic (exact) mass is 506 g/mol. The minimum atomic E-state index is -0.933. The number of carbonyl (C=O) groups is 4. The summed E-state index contributed by atoms with van der Waals surface area (Å²) in [4.78, 5) is 54.9. The molecule has 3 aliphatic carbocycles. The molecule has 4 atom stereocenters. The standard InChI is InChI=1S/C28H34N4O5/c1-17(29)26(35)30-23-11-10-22-21(25(23)34)12-13-28(22)16-31(27(36)37-28)15-24(33)32(18(2)20-8-9-20)14-19-6-4-3-5-7-19/h3-7,10-11,17-18,20-21H,8-9,12-16,29H2,1-2H3,(H,30,35)/t17-,18+,21?,28?/m1/s1. The fourth-order valence-corrected chi connectivity index (χ4v) is 5.69.